The summed E-state index contributed by atoms with van der Waals surface area (Å²) in [6, 6.07) is 4.43. The molecule has 1 fully saturated rings. The maximum atomic E-state index is 12.3. The van der Waals surface area contributed by atoms with Gasteiger partial charge in [0.2, 0.25) is 0 Å². The van der Waals surface area contributed by atoms with E-state index in [1.165, 1.54) is 12.1 Å². The summed E-state index contributed by atoms with van der Waals surface area (Å²) in [5.74, 6) is 0.214. The largest absolute Gasteiger partial charge is 0.573 e. The third kappa shape index (κ3) is 2.75. The number of halogens is 3. The van der Waals surface area contributed by atoms with Crippen LogP contribution in [0.5, 0.6) is 5.75 Å². The van der Waals surface area contributed by atoms with Crippen LogP contribution in [0.15, 0.2) is 24.4 Å². The Hall–Kier alpha value is -1.69. The lowest BCUT2D eigenvalue weighted by molar-refractivity contribution is -0.274. The van der Waals surface area contributed by atoms with E-state index in [9.17, 15) is 13.2 Å². The first kappa shape index (κ1) is 13.3. The number of nitrogens with one attached hydrogen (secondary N) is 2. The highest BCUT2D eigenvalue weighted by molar-refractivity contribution is 5.85. The number of benzene rings is 1. The van der Waals surface area contributed by atoms with Gasteiger partial charge in [0.15, 0.2) is 0 Å². The van der Waals surface area contributed by atoms with Crippen LogP contribution in [0.1, 0.15) is 24.3 Å². The number of aromatic nitrogens is 1. The quantitative estimate of drug-likeness (QED) is 0.885. The molecule has 1 aromatic heterocycles. The minimum absolute atomic E-state index is 0.167. The molecule has 0 aliphatic carbocycles. The Morgan fingerprint density at radius 1 is 1.15 bits per heavy atom. The first-order valence-electron chi connectivity index (χ1n) is 6.60. The van der Waals surface area contributed by atoms with Crippen molar-refractivity contribution in [1.29, 1.82) is 0 Å². The molecule has 1 aromatic carbocycles. The van der Waals surface area contributed by atoms with Crippen LogP contribution in [0.4, 0.5) is 13.2 Å². The van der Waals surface area contributed by atoms with E-state index in [0.29, 0.717) is 5.92 Å². The van der Waals surface area contributed by atoms with Crippen molar-refractivity contribution in [2.24, 2.45) is 0 Å². The van der Waals surface area contributed by atoms with E-state index in [0.717, 1.165) is 42.4 Å². The van der Waals surface area contributed by atoms with Gasteiger partial charge in [0.1, 0.15) is 5.75 Å². The molecule has 3 nitrogen and oxygen atoms in total. The molecule has 2 aromatic rings. The van der Waals surface area contributed by atoms with E-state index < -0.39 is 6.36 Å². The molecule has 1 saturated heterocycles. The average Bonchev–Trinajstić information content (AvgIpc) is 2.81. The van der Waals surface area contributed by atoms with Crippen molar-refractivity contribution in [3.05, 3.63) is 30.0 Å². The molecule has 0 spiro atoms. The monoisotopic (exact) mass is 284 g/mol. The smallest absolute Gasteiger partial charge is 0.406 e. The summed E-state index contributed by atoms with van der Waals surface area (Å²) in [5.41, 5.74) is 1.92. The highest BCUT2D eigenvalue weighted by atomic mass is 19.4. The molecule has 0 saturated carbocycles. The van der Waals surface area contributed by atoms with E-state index in [-0.39, 0.29) is 5.75 Å². The number of hydrogen-bond acceptors (Lipinski definition) is 2. The van der Waals surface area contributed by atoms with Crippen molar-refractivity contribution in [3.8, 4) is 5.75 Å². The lowest BCUT2D eigenvalue weighted by atomic mass is 9.90. The lowest BCUT2D eigenvalue weighted by Crippen LogP contribution is -2.26. The second-order valence-electron chi connectivity index (χ2n) is 5.02. The molecule has 6 heteroatoms. The molecular formula is C14H15F3N2O. The predicted molar refractivity (Wildman–Crippen MR) is 69.8 cm³/mol. The summed E-state index contributed by atoms with van der Waals surface area (Å²) in [6.45, 7) is 1.88. The Morgan fingerprint density at radius 2 is 1.90 bits per heavy atom. The van der Waals surface area contributed by atoms with Crippen molar-refractivity contribution < 1.29 is 17.9 Å². The SMILES string of the molecule is FC(F)(F)Oc1ccc2[nH]cc(C3CCNCC3)c2c1. The molecule has 3 rings (SSSR count). The fourth-order valence-corrected chi connectivity index (χ4v) is 2.79. The number of H-pyrrole nitrogens is 1. The number of fused-ring (bicyclic) bond motifs is 1. The number of piperidine rings is 1. The number of rotatable bonds is 2. The molecule has 2 N–H and O–H groups in total. The molecule has 0 atom stereocenters. The van der Waals surface area contributed by atoms with Crippen LogP contribution in [0.2, 0.25) is 0 Å². The molecule has 1 aliphatic heterocycles. The van der Waals surface area contributed by atoms with Crippen LogP contribution in [0.25, 0.3) is 10.9 Å². The Kier molecular flexibility index (Phi) is 3.33. The summed E-state index contributed by atoms with van der Waals surface area (Å²) in [7, 11) is 0. The zero-order valence-corrected chi connectivity index (χ0v) is 10.8. The van der Waals surface area contributed by atoms with Gasteiger partial charge in [-0.25, -0.2) is 0 Å². The maximum Gasteiger partial charge on any atom is 0.573 e. The first-order valence-corrected chi connectivity index (χ1v) is 6.60. The first-order chi connectivity index (χ1) is 9.53. The predicted octanol–water partition coefficient (Wildman–Crippen LogP) is 3.53. The summed E-state index contributed by atoms with van der Waals surface area (Å²) in [6.07, 6.45) is -0.758. The maximum absolute atomic E-state index is 12.3. The lowest BCUT2D eigenvalue weighted by Gasteiger charge is -2.22. The minimum atomic E-state index is -4.65. The Morgan fingerprint density at radius 3 is 2.60 bits per heavy atom. The fourth-order valence-electron chi connectivity index (χ4n) is 2.79. The van der Waals surface area contributed by atoms with Gasteiger partial charge in [-0.15, -0.1) is 13.2 Å². The molecule has 2 heterocycles. The van der Waals surface area contributed by atoms with Crippen molar-refractivity contribution in [1.82, 2.24) is 10.3 Å². The number of ether oxygens (including phenoxy) is 1. The van der Waals surface area contributed by atoms with E-state index in [2.05, 4.69) is 15.0 Å². The second-order valence-corrected chi connectivity index (χ2v) is 5.02. The third-order valence-electron chi connectivity index (χ3n) is 3.70. The standard InChI is InChI=1S/C14H15F3N2O/c15-14(16,17)20-10-1-2-13-11(7-10)12(8-19-13)9-3-5-18-6-4-9/h1-2,7-9,18-19H,3-6H2. The van der Waals surface area contributed by atoms with Crippen LogP contribution in [0.3, 0.4) is 0 Å². The van der Waals surface area contributed by atoms with Gasteiger partial charge in [0.25, 0.3) is 0 Å². The van der Waals surface area contributed by atoms with Crippen molar-refractivity contribution >= 4 is 10.9 Å². The molecule has 0 unspecified atom stereocenters. The van der Waals surface area contributed by atoms with Gasteiger partial charge in [-0.2, -0.15) is 0 Å². The van der Waals surface area contributed by atoms with Gasteiger partial charge in [-0.05, 0) is 55.6 Å². The average molecular weight is 284 g/mol. The summed E-state index contributed by atoms with van der Waals surface area (Å²) in [4.78, 5) is 3.12. The molecule has 0 amide bonds. The number of hydrogen-bond donors (Lipinski definition) is 2. The molecular weight excluding hydrogens is 269 g/mol. The van der Waals surface area contributed by atoms with Crippen molar-refractivity contribution in [2.75, 3.05) is 13.1 Å². The zero-order chi connectivity index (χ0) is 14.2. The third-order valence-corrected chi connectivity index (χ3v) is 3.70. The van der Waals surface area contributed by atoms with Gasteiger partial charge >= 0.3 is 6.36 Å². The zero-order valence-electron chi connectivity index (χ0n) is 10.8. The summed E-state index contributed by atoms with van der Waals surface area (Å²) < 4.78 is 40.8. The van der Waals surface area contributed by atoms with Crippen molar-refractivity contribution in [3.63, 3.8) is 0 Å². The minimum Gasteiger partial charge on any atom is -0.406 e. The van der Waals surface area contributed by atoms with Gasteiger partial charge in [-0.1, -0.05) is 0 Å². The molecule has 108 valence electrons. The van der Waals surface area contributed by atoms with Crippen molar-refractivity contribution in [2.45, 2.75) is 25.1 Å². The van der Waals surface area contributed by atoms with Gasteiger partial charge < -0.3 is 15.0 Å². The highest BCUT2D eigenvalue weighted by Crippen LogP contribution is 2.34. The topological polar surface area (TPSA) is 37.0 Å². The fraction of sp³-hybridized carbons (Fsp3) is 0.429. The van der Waals surface area contributed by atoms with Gasteiger partial charge in [0.05, 0.1) is 0 Å². The molecule has 20 heavy (non-hydrogen) atoms. The van der Waals surface area contributed by atoms with Crippen LogP contribution < -0.4 is 10.1 Å². The van der Waals surface area contributed by atoms with E-state index in [1.807, 2.05) is 6.20 Å². The van der Waals surface area contributed by atoms with E-state index >= 15 is 0 Å². The van der Waals surface area contributed by atoms with Crippen LogP contribution in [-0.2, 0) is 0 Å². The highest BCUT2D eigenvalue weighted by Gasteiger charge is 2.31. The van der Waals surface area contributed by atoms with Crippen LogP contribution >= 0.6 is 0 Å². The van der Waals surface area contributed by atoms with Gasteiger partial charge in [0, 0.05) is 17.1 Å². The normalized spacial score (nSPS) is 17.6. The Bertz CT molecular complexity index is 600. The Labute approximate surface area is 114 Å². The van der Waals surface area contributed by atoms with Gasteiger partial charge in [-0.3, -0.25) is 0 Å². The molecule has 0 radical (unpaired) electrons. The van der Waals surface area contributed by atoms with E-state index in [1.54, 1.807) is 6.07 Å². The molecule has 0 bridgehead atoms. The molecule has 1 aliphatic rings. The van der Waals surface area contributed by atoms with Crippen LogP contribution in [-0.4, -0.2) is 24.4 Å². The summed E-state index contributed by atoms with van der Waals surface area (Å²) in [5, 5.41) is 4.10. The second kappa shape index (κ2) is 5.01. The number of aromatic amines is 1. The van der Waals surface area contributed by atoms with E-state index in [4.69, 9.17) is 0 Å². The van der Waals surface area contributed by atoms with Crippen LogP contribution in [0, 0.1) is 0 Å². The Balaban J connectivity index is 1.94. The summed E-state index contributed by atoms with van der Waals surface area (Å²) >= 11 is 0. The number of alkyl halides is 3.